The van der Waals surface area contributed by atoms with E-state index >= 15 is 0 Å². The van der Waals surface area contributed by atoms with E-state index in [-0.39, 0.29) is 5.60 Å². The molecule has 3 heteroatoms. The molecule has 18 heavy (non-hydrogen) atoms. The van der Waals surface area contributed by atoms with Crippen molar-refractivity contribution in [2.24, 2.45) is 5.92 Å². The number of rotatable bonds is 3. The predicted molar refractivity (Wildman–Crippen MR) is 73.6 cm³/mol. The van der Waals surface area contributed by atoms with Crippen molar-refractivity contribution in [2.75, 3.05) is 13.2 Å². The van der Waals surface area contributed by atoms with E-state index in [0.29, 0.717) is 12.6 Å². The summed E-state index contributed by atoms with van der Waals surface area (Å²) in [6.07, 6.45) is 6.66. The standard InChI is InChI=1S/C15H29NO2/c1-12-4-6-13(7-5-12)16-11-15(17)8-9-18-14(2,3)10-15/h12-13,16-17H,4-11H2,1-3H3. The van der Waals surface area contributed by atoms with Crippen LogP contribution in [0.4, 0.5) is 0 Å². The van der Waals surface area contributed by atoms with Crippen LogP contribution >= 0.6 is 0 Å². The van der Waals surface area contributed by atoms with E-state index in [4.69, 9.17) is 4.74 Å². The van der Waals surface area contributed by atoms with E-state index in [1.54, 1.807) is 0 Å². The van der Waals surface area contributed by atoms with Crippen LogP contribution in [-0.4, -0.2) is 35.5 Å². The van der Waals surface area contributed by atoms with Crippen LogP contribution in [0.5, 0.6) is 0 Å². The first-order valence-electron chi connectivity index (χ1n) is 7.48. The van der Waals surface area contributed by atoms with Gasteiger partial charge in [-0.25, -0.2) is 0 Å². The Morgan fingerprint density at radius 3 is 2.50 bits per heavy atom. The summed E-state index contributed by atoms with van der Waals surface area (Å²) in [5.41, 5.74) is -0.763. The molecule has 1 aliphatic carbocycles. The van der Waals surface area contributed by atoms with E-state index in [0.717, 1.165) is 25.3 Å². The molecule has 3 nitrogen and oxygen atoms in total. The molecule has 2 fully saturated rings. The molecule has 1 unspecified atom stereocenters. The normalized spacial score (nSPS) is 40.7. The third kappa shape index (κ3) is 3.94. The lowest BCUT2D eigenvalue weighted by molar-refractivity contribution is -0.143. The van der Waals surface area contributed by atoms with Gasteiger partial charge in [-0.1, -0.05) is 6.92 Å². The first-order chi connectivity index (χ1) is 8.39. The molecule has 2 aliphatic rings. The van der Waals surface area contributed by atoms with Crippen LogP contribution in [-0.2, 0) is 4.74 Å². The number of hydrogen-bond donors (Lipinski definition) is 2. The summed E-state index contributed by atoms with van der Waals surface area (Å²) in [7, 11) is 0. The van der Waals surface area contributed by atoms with Gasteiger partial charge in [0, 0.05) is 25.4 Å². The number of aliphatic hydroxyl groups is 1. The largest absolute Gasteiger partial charge is 0.388 e. The van der Waals surface area contributed by atoms with Gasteiger partial charge in [0.05, 0.1) is 17.8 Å². The molecule has 1 atom stereocenters. The lowest BCUT2D eigenvalue weighted by Gasteiger charge is -2.42. The zero-order chi connectivity index (χ0) is 13.2. The van der Waals surface area contributed by atoms with Gasteiger partial charge in [0.1, 0.15) is 0 Å². The minimum absolute atomic E-state index is 0.185. The SMILES string of the molecule is CC1CCC(NCC2(O)CCOC(C)(C)C2)CC1. The average Bonchev–Trinajstić information content (AvgIpc) is 2.27. The van der Waals surface area contributed by atoms with Crippen molar-refractivity contribution in [1.29, 1.82) is 0 Å². The highest BCUT2D eigenvalue weighted by Crippen LogP contribution is 2.32. The number of hydrogen-bond acceptors (Lipinski definition) is 3. The van der Waals surface area contributed by atoms with Gasteiger partial charge >= 0.3 is 0 Å². The Hall–Kier alpha value is -0.120. The fraction of sp³-hybridized carbons (Fsp3) is 1.00. The summed E-state index contributed by atoms with van der Waals surface area (Å²) in [6.45, 7) is 7.87. The zero-order valence-corrected chi connectivity index (χ0v) is 12.2. The molecule has 0 radical (unpaired) electrons. The van der Waals surface area contributed by atoms with Crippen LogP contribution in [0.2, 0.25) is 0 Å². The molecule has 1 saturated carbocycles. The molecule has 1 aliphatic heterocycles. The minimum atomic E-state index is -0.579. The smallest absolute Gasteiger partial charge is 0.0820 e. The summed E-state index contributed by atoms with van der Waals surface area (Å²) >= 11 is 0. The first kappa shape index (κ1) is 14.3. The topological polar surface area (TPSA) is 41.5 Å². The summed E-state index contributed by atoms with van der Waals surface area (Å²) in [4.78, 5) is 0. The van der Waals surface area contributed by atoms with Crippen LogP contribution in [0.1, 0.15) is 59.3 Å². The summed E-state index contributed by atoms with van der Waals surface area (Å²) < 4.78 is 5.68. The highest BCUT2D eigenvalue weighted by molar-refractivity contribution is 4.93. The van der Waals surface area contributed by atoms with E-state index in [1.807, 2.05) is 0 Å². The third-order valence-corrected chi connectivity index (χ3v) is 4.55. The molecule has 1 heterocycles. The highest BCUT2D eigenvalue weighted by atomic mass is 16.5. The van der Waals surface area contributed by atoms with E-state index in [2.05, 4.69) is 26.1 Å². The fourth-order valence-electron chi connectivity index (χ4n) is 3.40. The average molecular weight is 255 g/mol. The monoisotopic (exact) mass is 255 g/mol. The highest BCUT2D eigenvalue weighted by Gasteiger charge is 2.39. The second-order valence-corrected chi connectivity index (χ2v) is 7.10. The van der Waals surface area contributed by atoms with E-state index in [1.165, 1.54) is 25.7 Å². The van der Waals surface area contributed by atoms with Gasteiger partial charge in [-0.3, -0.25) is 0 Å². The van der Waals surface area contributed by atoms with Crippen LogP contribution in [0.15, 0.2) is 0 Å². The van der Waals surface area contributed by atoms with Crippen molar-refractivity contribution in [3.63, 3.8) is 0 Å². The lowest BCUT2D eigenvalue weighted by atomic mass is 9.83. The maximum Gasteiger partial charge on any atom is 0.0820 e. The number of nitrogens with one attached hydrogen (secondary N) is 1. The van der Waals surface area contributed by atoms with Gasteiger partial charge in [-0.2, -0.15) is 0 Å². The van der Waals surface area contributed by atoms with E-state index < -0.39 is 5.60 Å². The van der Waals surface area contributed by atoms with Crippen LogP contribution in [0, 0.1) is 5.92 Å². The number of ether oxygens (including phenoxy) is 1. The van der Waals surface area contributed by atoms with Gasteiger partial charge in [0.2, 0.25) is 0 Å². The second-order valence-electron chi connectivity index (χ2n) is 7.10. The van der Waals surface area contributed by atoms with Crippen LogP contribution in [0.25, 0.3) is 0 Å². The van der Waals surface area contributed by atoms with Crippen molar-refractivity contribution in [1.82, 2.24) is 5.32 Å². The maximum atomic E-state index is 10.6. The summed E-state index contributed by atoms with van der Waals surface area (Å²) in [5, 5.41) is 14.2. The van der Waals surface area contributed by atoms with Crippen molar-refractivity contribution in [3.05, 3.63) is 0 Å². The molecular formula is C15H29NO2. The molecule has 0 aromatic heterocycles. The van der Waals surface area contributed by atoms with Gasteiger partial charge in [0.15, 0.2) is 0 Å². The molecule has 2 rings (SSSR count). The molecule has 0 bridgehead atoms. The Morgan fingerprint density at radius 2 is 1.89 bits per heavy atom. The van der Waals surface area contributed by atoms with Crippen LogP contribution < -0.4 is 5.32 Å². The first-order valence-corrected chi connectivity index (χ1v) is 7.48. The Bertz CT molecular complexity index is 272. The second kappa shape index (κ2) is 5.48. The Labute approximate surface area is 111 Å². The van der Waals surface area contributed by atoms with Crippen molar-refractivity contribution >= 4 is 0 Å². The molecule has 106 valence electrons. The molecular weight excluding hydrogens is 226 g/mol. The maximum absolute atomic E-state index is 10.6. The summed E-state index contributed by atoms with van der Waals surface area (Å²) in [6, 6.07) is 0.608. The Morgan fingerprint density at radius 1 is 1.22 bits per heavy atom. The van der Waals surface area contributed by atoms with Crippen molar-refractivity contribution in [3.8, 4) is 0 Å². The fourth-order valence-corrected chi connectivity index (χ4v) is 3.40. The van der Waals surface area contributed by atoms with Gasteiger partial charge in [-0.15, -0.1) is 0 Å². The quantitative estimate of drug-likeness (QED) is 0.814. The van der Waals surface area contributed by atoms with Crippen molar-refractivity contribution < 1.29 is 9.84 Å². The van der Waals surface area contributed by atoms with E-state index in [9.17, 15) is 5.11 Å². The van der Waals surface area contributed by atoms with Gasteiger partial charge in [0.25, 0.3) is 0 Å². The molecule has 0 aromatic carbocycles. The zero-order valence-electron chi connectivity index (χ0n) is 12.2. The predicted octanol–water partition coefficient (Wildman–Crippen LogP) is 2.47. The van der Waals surface area contributed by atoms with Crippen LogP contribution in [0.3, 0.4) is 0 Å². The third-order valence-electron chi connectivity index (χ3n) is 4.55. The van der Waals surface area contributed by atoms with Gasteiger partial charge < -0.3 is 15.2 Å². The minimum Gasteiger partial charge on any atom is -0.388 e. The summed E-state index contributed by atoms with van der Waals surface area (Å²) in [5.74, 6) is 0.883. The molecule has 0 aromatic rings. The molecule has 2 N–H and O–H groups in total. The molecule has 0 amide bonds. The Balaban J connectivity index is 1.78. The molecule has 0 spiro atoms. The lowest BCUT2D eigenvalue weighted by Crippen LogP contribution is -2.53. The van der Waals surface area contributed by atoms with Gasteiger partial charge in [-0.05, 0) is 45.4 Å². The molecule has 1 saturated heterocycles. The Kier molecular flexibility index (Phi) is 4.35. The van der Waals surface area contributed by atoms with Crippen molar-refractivity contribution in [2.45, 2.75) is 76.5 Å².